The van der Waals surface area contributed by atoms with E-state index in [4.69, 9.17) is 23.7 Å². The lowest BCUT2D eigenvalue weighted by Crippen LogP contribution is -2.51. The predicted octanol–water partition coefficient (Wildman–Crippen LogP) is 9.47. The van der Waals surface area contributed by atoms with Gasteiger partial charge in [0.25, 0.3) is 0 Å². The second-order valence-corrected chi connectivity index (χ2v) is 16.9. The molecule has 1 aromatic carbocycles. The number of esters is 2. The fourth-order valence-corrected chi connectivity index (χ4v) is 11.1. The molecule has 2 heterocycles. The topological polar surface area (TPSA) is 93.2 Å². The summed E-state index contributed by atoms with van der Waals surface area (Å²) in [5.41, 5.74) is 4.79. The number of carbonyl (C=O) groups is 2. The van der Waals surface area contributed by atoms with Crippen LogP contribution in [0.2, 0.25) is 0 Å². The molecule has 1 aliphatic heterocycles. The van der Waals surface area contributed by atoms with E-state index in [1.807, 2.05) is 30.5 Å². The third-order valence-corrected chi connectivity index (χ3v) is 13.7. The Bertz CT molecular complexity index is 1730. The highest BCUT2D eigenvalue weighted by molar-refractivity contribution is 5.79. The first-order chi connectivity index (χ1) is 25.5. The van der Waals surface area contributed by atoms with E-state index >= 15 is 0 Å². The molecule has 3 fully saturated rings. The maximum atomic E-state index is 11.6. The number of benzene rings is 1. The van der Waals surface area contributed by atoms with E-state index in [9.17, 15) is 9.59 Å². The number of carbonyl (C=O) groups excluding carboxylic acids is 2. The zero-order valence-corrected chi connectivity index (χ0v) is 32.4. The summed E-state index contributed by atoms with van der Waals surface area (Å²) < 4.78 is 29.4. The van der Waals surface area contributed by atoms with E-state index in [-0.39, 0.29) is 18.1 Å². The second-order valence-electron chi connectivity index (χ2n) is 16.9. The summed E-state index contributed by atoms with van der Waals surface area (Å²) in [6.45, 7) is 11.1. The summed E-state index contributed by atoms with van der Waals surface area (Å²) >= 11 is 0. The highest BCUT2D eigenvalue weighted by Crippen LogP contribution is 2.67. The number of rotatable bonds is 12. The van der Waals surface area contributed by atoms with Crippen molar-refractivity contribution in [2.45, 2.75) is 130 Å². The monoisotopic (exact) mass is 725 g/mol. The van der Waals surface area contributed by atoms with Crippen LogP contribution in [0, 0.1) is 34.5 Å². The maximum absolute atomic E-state index is 11.6. The molecule has 8 heteroatoms. The lowest BCUT2D eigenvalue weighted by atomic mass is 9.47. The van der Waals surface area contributed by atoms with Crippen LogP contribution >= 0.6 is 0 Å². The average molecular weight is 726 g/mol. The first-order valence-electron chi connectivity index (χ1n) is 20.2. The zero-order valence-electron chi connectivity index (χ0n) is 32.4. The lowest BCUT2D eigenvalue weighted by molar-refractivity contribution is -0.213. The highest BCUT2D eigenvalue weighted by atomic mass is 16.7. The molecule has 8 nitrogen and oxygen atoms in total. The van der Waals surface area contributed by atoms with Crippen LogP contribution in [0.5, 0.6) is 5.75 Å². The van der Waals surface area contributed by atoms with Crippen molar-refractivity contribution >= 4 is 22.8 Å². The Kier molecular flexibility index (Phi) is 11.5. The molecule has 10 atom stereocenters. The molecule has 53 heavy (non-hydrogen) atoms. The van der Waals surface area contributed by atoms with Crippen LogP contribution in [0.25, 0.3) is 10.9 Å². The van der Waals surface area contributed by atoms with Crippen molar-refractivity contribution < 1.29 is 33.3 Å². The fourth-order valence-electron chi connectivity index (χ4n) is 11.1. The molecule has 0 radical (unpaired) electrons. The lowest BCUT2D eigenvalue weighted by Gasteiger charge is -2.58. The third-order valence-electron chi connectivity index (χ3n) is 13.7. The molecule has 0 bridgehead atoms. The van der Waals surface area contributed by atoms with E-state index in [2.05, 4.69) is 50.0 Å². The summed E-state index contributed by atoms with van der Waals surface area (Å²) in [4.78, 5) is 27.5. The van der Waals surface area contributed by atoms with Crippen LogP contribution in [-0.2, 0) is 28.5 Å². The fraction of sp³-hybridized carbons (Fsp3) is 0.622. The van der Waals surface area contributed by atoms with Gasteiger partial charge in [0, 0.05) is 25.4 Å². The van der Waals surface area contributed by atoms with Crippen LogP contribution in [-0.4, -0.2) is 54.7 Å². The number of nitrogens with zero attached hydrogens (tertiary/aromatic N) is 1. The molecule has 4 aliphatic carbocycles. The minimum Gasteiger partial charge on any atom is -0.494 e. The van der Waals surface area contributed by atoms with Crippen molar-refractivity contribution in [2.24, 2.45) is 34.5 Å². The molecule has 2 aromatic rings. The van der Waals surface area contributed by atoms with Crippen LogP contribution in [0.3, 0.4) is 0 Å². The predicted molar refractivity (Wildman–Crippen MR) is 205 cm³/mol. The summed E-state index contributed by atoms with van der Waals surface area (Å²) in [6.07, 6.45) is 21.7. The van der Waals surface area contributed by atoms with Gasteiger partial charge < -0.3 is 23.7 Å². The largest absolute Gasteiger partial charge is 0.494 e. The Morgan fingerprint density at radius 3 is 2.68 bits per heavy atom. The van der Waals surface area contributed by atoms with E-state index in [0.717, 1.165) is 79.5 Å². The molecule has 7 rings (SSSR count). The molecule has 3 saturated carbocycles. The van der Waals surface area contributed by atoms with Crippen LogP contribution < -0.4 is 4.74 Å². The number of fused-ring (bicyclic) bond motifs is 6. The van der Waals surface area contributed by atoms with Gasteiger partial charge in [0.1, 0.15) is 24.6 Å². The Morgan fingerprint density at radius 2 is 1.85 bits per heavy atom. The van der Waals surface area contributed by atoms with Gasteiger partial charge in [0.05, 0.1) is 18.2 Å². The first-order valence-corrected chi connectivity index (χ1v) is 20.2. The number of unbranched alkanes of at least 4 members (excludes halogenated alkanes) is 2. The molecule has 5 aliphatic rings. The number of hydrogen-bond donors (Lipinski definition) is 0. The van der Waals surface area contributed by atoms with Crippen molar-refractivity contribution in [3.05, 3.63) is 72.0 Å². The van der Waals surface area contributed by atoms with Gasteiger partial charge >= 0.3 is 11.9 Å². The van der Waals surface area contributed by atoms with Crippen molar-refractivity contribution in [2.75, 3.05) is 13.2 Å². The number of aromatic nitrogens is 1. The molecule has 1 aromatic heterocycles. The summed E-state index contributed by atoms with van der Waals surface area (Å²) in [5.74, 6) is 3.07. The molecular weight excluding hydrogens is 666 g/mol. The zero-order chi connectivity index (χ0) is 37.2. The van der Waals surface area contributed by atoms with E-state index in [0.29, 0.717) is 11.3 Å². The molecule has 1 unspecified atom stereocenters. The van der Waals surface area contributed by atoms with E-state index in [1.165, 1.54) is 46.0 Å². The van der Waals surface area contributed by atoms with Crippen LogP contribution in [0.4, 0.5) is 0 Å². The molecule has 286 valence electrons. The van der Waals surface area contributed by atoms with Gasteiger partial charge in [-0.2, -0.15) is 0 Å². The minimum absolute atomic E-state index is 0.00591. The van der Waals surface area contributed by atoms with Gasteiger partial charge in [0.15, 0.2) is 6.29 Å². The maximum Gasteiger partial charge on any atom is 0.303 e. The quantitative estimate of drug-likeness (QED) is 0.121. The molecule has 0 saturated heterocycles. The molecule has 0 spiro atoms. The summed E-state index contributed by atoms with van der Waals surface area (Å²) in [6, 6.07) is 10.2. The van der Waals surface area contributed by atoms with Crippen LogP contribution in [0.1, 0.15) is 105 Å². The Labute approximate surface area is 315 Å². The molecular formula is C45H59NO7. The first kappa shape index (κ1) is 37.8. The molecule has 0 N–H and O–H groups in total. The number of allylic oxidation sites excluding steroid dienone is 3. The molecule has 0 amide bonds. The Hall–Kier alpha value is -3.49. The highest BCUT2D eigenvalue weighted by Gasteiger charge is 2.58. The van der Waals surface area contributed by atoms with Crippen LogP contribution in [0.15, 0.2) is 72.0 Å². The number of ether oxygens (including phenoxy) is 5. The Morgan fingerprint density at radius 1 is 0.981 bits per heavy atom. The van der Waals surface area contributed by atoms with Gasteiger partial charge in [-0.25, -0.2) is 0 Å². The third kappa shape index (κ3) is 8.14. The number of pyridine rings is 1. The smallest absolute Gasteiger partial charge is 0.303 e. The van der Waals surface area contributed by atoms with Gasteiger partial charge in [0.2, 0.25) is 0 Å². The van der Waals surface area contributed by atoms with Gasteiger partial charge in [-0.3, -0.25) is 14.6 Å². The van der Waals surface area contributed by atoms with Gasteiger partial charge in [-0.15, -0.1) is 0 Å². The minimum atomic E-state index is -0.614. The van der Waals surface area contributed by atoms with Crippen molar-refractivity contribution in [1.82, 2.24) is 4.98 Å². The average Bonchev–Trinajstić information content (AvgIpc) is 3.50. The summed E-state index contributed by atoms with van der Waals surface area (Å²) in [7, 11) is 0. The van der Waals surface area contributed by atoms with Crippen molar-refractivity contribution in [1.29, 1.82) is 0 Å². The SMILES string of the molecule is CC(=O)OC[C@H]1OC(O[C@H]2CC[C@@]3(C)C(=CC[C@H]4[C@@H]5CC[C@H](/C(C)=C/CCCCOc6ccc7ncccc7c6)[C@@]5(C)CC[C@@H]43)C2)C=C[C@@H]1OC(C)=O. The van der Waals surface area contributed by atoms with Crippen molar-refractivity contribution in [3.63, 3.8) is 0 Å². The van der Waals surface area contributed by atoms with Gasteiger partial charge in [-0.05, 0) is 148 Å². The Balaban J connectivity index is 0.912. The van der Waals surface area contributed by atoms with Gasteiger partial charge in [-0.1, -0.05) is 43.2 Å². The van der Waals surface area contributed by atoms with E-state index < -0.39 is 30.4 Å². The second kappa shape index (κ2) is 16.1. The van der Waals surface area contributed by atoms with E-state index in [1.54, 1.807) is 17.2 Å². The summed E-state index contributed by atoms with van der Waals surface area (Å²) in [5, 5.41) is 1.12. The van der Waals surface area contributed by atoms with Crippen molar-refractivity contribution in [3.8, 4) is 5.75 Å². The number of hydrogen-bond acceptors (Lipinski definition) is 8. The normalized spacial score (nSPS) is 35.1. The standard InChI is InChI=1S/C45H59NO7/c1-29(10-7-6-8-25-49-34-13-17-40-32(26-34)11-9-24-46-40)37-15-16-38-36-14-12-33-27-35(20-22-44(33,4)39(36)21-23-45(37,38)5)52-43-19-18-41(51-31(3)48)42(53-43)28-50-30(2)47/h9-13,17-19,24,26,35-39,41-43H,6-8,14-16,20-23,25,27-28H2,1-5H3/b29-10+/t35-,36-,37+,38-,39-,41-,42+,43?,44-,45+/m0/s1.